The minimum atomic E-state index is -1.04. The molecule has 2 amide bonds. The van der Waals surface area contributed by atoms with Crippen LogP contribution in [0.5, 0.6) is 0 Å². The molecule has 1 aliphatic heterocycles. The van der Waals surface area contributed by atoms with E-state index in [0.29, 0.717) is 19.5 Å². The lowest BCUT2D eigenvalue weighted by atomic mass is 9.98. The van der Waals surface area contributed by atoms with Crippen LogP contribution < -0.4 is 5.32 Å². The number of alkyl carbamates (subject to hydrolysis) is 1. The molecule has 1 aliphatic rings. The highest BCUT2D eigenvalue weighted by atomic mass is 16.9. The lowest BCUT2D eigenvalue weighted by Gasteiger charge is -2.32. The Hall–Kier alpha value is -2.59. The molecule has 11 heteroatoms. The first-order valence-corrected chi connectivity index (χ1v) is 10.4. The number of carbonyl (C=O) groups is 3. The third-order valence-electron chi connectivity index (χ3n) is 4.32. The van der Waals surface area contributed by atoms with Gasteiger partial charge in [0, 0.05) is 25.4 Å². The van der Waals surface area contributed by atoms with E-state index in [4.69, 9.17) is 9.47 Å². The van der Waals surface area contributed by atoms with Crippen molar-refractivity contribution in [3.05, 3.63) is 10.1 Å². The van der Waals surface area contributed by atoms with Gasteiger partial charge in [0.05, 0.1) is 0 Å². The van der Waals surface area contributed by atoms with Crippen LogP contribution in [0.2, 0.25) is 0 Å². The van der Waals surface area contributed by atoms with Crippen LogP contribution in [0.25, 0.3) is 0 Å². The first kappa shape index (κ1) is 26.4. The Morgan fingerprint density at radius 2 is 1.74 bits per heavy atom. The van der Waals surface area contributed by atoms with Crippen LogP contribution in [0, 0.1) is 16.0 Å². The number of nitrogens with zero attached hydrogens (tertiary/aromatic N) is 2. The quantitative estimate of drug-likeness (QED) is 0.342. The zero-order chi connectivity index (χ0) is 23.8. The summed E-state index contributed by atoms with van der Waals surface area (Å²) in [6, 6.07) is -1.04. The predicted molar refractivity (Wildman–Crippen MR) is 110 cm³/mol. The maximum absolute atomic E-state index is 12.7. The van der Waals surface area contributed by atoms with Gasteiger partial charge in [-0.05, 0) is 60.8 Å². The van der Waals surface area contributed by atoms with E-state index in [1.807, 2.05) is 0 Å². The topological polar surface area (TPSA) is 137 Å². The summed E-state index contributed by atoms with van der Waals surface area (Å²) < 4.78 is 10.6. The van der Waals surface area contributed by atoms with Gasteiger partial charge in [-0.25, -0.2) is 9.59 Å². The van der Waals surface area contributed by atoms with Gasteiger partial charge in [0.25, 0.3) is 5.09 Å². The minimum Gasteiger partial charge on any atom is -0.458 e. The van der Waals surface area contributed by atoms with E-state index < -0.39 is 34.4 Å². The molecule has 0 aromatic heterocycles. The number of rotatable bonds is 8. The molecular formula is C20H35N3O8. The molecule has 178 valence electrons. The van der Waals surface area contributed by atoms with Crippen molar-refractivity contribution in [1.29, 1.82) is 0 Å². The zero-order valence-corrected chi connectivity index (χ0v) is 19.3. The average molecular weight is 446 g/mol. The summed E-state index contributed by atoms with van der Waals surface area (Å²) in [7, 11) is 0. The Kier molecular flexibility index (Phi) is 9.51. The van der Waals surface area contributed by atoms with Gasteiger partial charge in [-0.1, -0.05) is 0 Å². The van der Waals surface area contributed by atoms with Crippen molar-refractivity contribution in [2.45, 2.75) is 84.5 Å². The SMILES string of the molecule is CC(C)(C)OC(=O)NC(CCC(=O)N1CCCC(CO[N+](=O)[O-])C1)C(=O)OC(C)(C)C. The second-order valence-corrected chi connectivity index (χ2v) is 9.64. The van der Waals surface area contributed by atoms with Crippen LogP contribution >= 0.6 is 0 Å². The van der Waals surface area contributed by atoms with Gasteiger partial charge in [-0.3, -0.25) is 4.79 Å². The first-order valence-electron chi connectivity index (χ1n) is 10.4. The second-order valence-electron chi connectivity index (χ2n) is 9.64. The minimum absolute atomic E-state index is 0.00250. The Bertz CT molecular complexity index is 654. The highest BCUT2D eigenvalue weighted by Crippen LogP contribution is 2.19. The van der Waals surface area contributed by atoms with Gasteiger partial charge >= 0.3 is 12.1 Å². The lowest BCUT2D eigenvalue weighted by molar-refractivity contribution is -0.759. The summed E-state index contributed by atoms with van der Waals surface area (Å²) in [5, 5.41) is 12.0. The maximum atomic E-state index is 12.7. The number of hydrogen-bond donors (Lipinski definition) is 1. The first-order chi connectivity index (χ1) is 14.2. The van der Waals surface area contributed by atoms with Crippen LogP contribution in [0.15, 0.2) is 0 Å². The van der Waals surface area contributed by atoms with E-state index in [-0.39, 0.29) is 31.3 Å². The smallest absolute Gasteiger partial charge is 0.408 e. The molecule has 2 unspecified atom stereocenters. The highest BCUT2D eigenvalue weighted by Gasteiger charge is 2.31. The van der Waals surface area contributed by atoms with E-state index in [1.54, 1.807) is 46.4 Å². The molecule has 1 heterocycles. The molecular weight excluding hydrogens is 410 g/mol. The van der Waals surface area contributed by atoms with Crippen LogP contribution in [0.4, 0.5) is 4.79 Å². The number of likely N-dealkylation sites (tertiary alicyclic amines) is 1. The van der Waals surface area contributed by atoms with Crippen molar-refractivity contribution in [2.24, 2.45) is 5.92 Å². The molecule has 1 saturated heterocycles. The number of hydrogen-bond acceptors (Lipinski definition) is 8. The Morgan fingerprint density at radius 3 is 2.29 bits per heavy atom. The summed E-state index contributed by atoms with van der Waals surface area (Å²) in [6.07, 6.45) is 0.717. The van der Waals surface area contributed by atoms with Gasteiger partial charge in [-0.15, -0.1) is 10.1 Å². The molecule has 0 aromatic rings. The van der Waals surface area contributed by atoms with Gasteiger partial charge in [0.15, 0.2) is 0 Å². The maximum Gasteiger partial charge on any atom is 0.408 e. The van der Waals surface area contributed by atoms with Crippen LogP contribution in [0.3, 0.4) is 0 Å². The van der Waals surface area contributed by atoms with Gasteiger partial charge in [0.2, 0.25) is 5.91 Å². The fourth-order valence-electron chi connectivity index (χ4n) is 3.09. The van der Waals surface area contributed by atoms with Gasteiger partial charge in [-0.2, -0.15) is 0 Å². The molecule has 31 heavy (non-hydrogen) atoms. The lowest BCUT2D eigenvalue weighted by Crippen LogP contribution is -2.47. The highest BCUT2D eigenvalue weighted by molar-refractivity contribution is 5.83. The Morgan fingerprint density at radius 1 is 1.13 bits per heavy atom. The van der Waals surface area contributed by atoms with Crippen molar-refractivity contribution in [3.63, 3.8) is 0 Å². The Balaban J connectivity index is 2.70. The van der Waals surface area contributed by atoms with Crippen molar-refractivity contribution >= 4 is 18.0 Å². The normalized spacial score (nSPS) is 18.0. The summed E-state index contributed by atoms with van der Waals surface area (Å²) >= 11 is 0. The molecule has 2 atom stereocenters. The molecule has 1 fully saturated rings. The van der Waals surface area contributed by atoms with E-state index in [9.17, 15) is 24.5 Å². The summed E-state index contributed by atoms with van der Waals surface area (Å²) in [4.78, 5) is 53.8. The van der Waals surface area contributed by atoms with E-state index in [1.165, 1.54) is 0 Å². The van der Waals surface area contributed by atoms with Crippen molar-refractivity contribution in [1.82, 2.24) is 10.2 Å². The number of carbonyl (C=O) groups excluding carboxylic acids is 3. The zero-order valence-electron chi connectivity index (χ0n) is 19.3. The van der Waals surface area contributed by atoms with Crippen LogP contribution in [0.1, 0.15) is 67.2 Å². The molecule has 0 bridgehead atoms. The van der Waals surface area contributed by atoms with Crippen LogP contribution in [-0.2, 0) is 23.9 Å². The fourth-order valence-corrected chi connectivity index (χ4v) is 3.09. The van der Waals surface area contributed by atoms with Crippen molar-refractivity contribution in [3.8, 4) is 0 Å². The molecule has 11 nitrogen and oxygen atoms in total. The second kappa shape index (κ2) is 11.1. The predicted octanol–water partition coefficient (Wildman–Crippen LogP) is 2.45. The molecule has 0 radical (unpaired) electrons. The largest absolute Gasteiger partial charge is 0.458 e. The number of amides is 2. The fraction of sp³-hybridized carbons (Fsp3) is 0.850. The monoisotopic (exact) mass is 445 g/mol. The molecule has 0 saturated carbocycles. The van der Waals surface area contributed by atoms with Gasteiger partial charge in [0.1, 0.15) is 23.9 Å². The number of nitrogens with one attached hydrogen (secondary N) is 1. The third-order valence-corrected chi connectivity index (χ3v) is 4.32. The summed E-state index contributed by atoms with van der Waals surface area (Å²) in [5.41, 5.74) is -1.50. The molecule has 0 aliphatic carbocycles. The standard InChI is InChI=1S/C20H35N3O8/c1-19(2,3)30-17(25)15(21-18(26)31-20(4,5)6)9-10-16(24)22-11-7-8-14(12-22)13-29-23(27)28/h14-15H,7-13H2,1-6H3,(H,21,26). The van der Waals surface area contributed by atoms with Crippen molar-refractivity contribution in [2.75, 3.05) is 19.7 Å². The van der Waals surface area contributed by atoms with E-state index >= 15 is 0 Å². The van der Waals surface area contributed by atoms with E-state index in [0.717, 1.165) is 6.42 Å². The summed E-state index contributed by atoms with van der Waals surface area (Å²) in [5.74, 6) is -0.975. The Labute approximate surface area is 182 Å². The number of ether oxygens (including phenoxy) is 2. The van der Waals surface area contributed by atoms with Crippen molar-refractivity contribution < 1.29 is 33.8 Å². The number of esters is 1. The third kappa shape index (κ3) is 11.4. The molecule has 1 N–H and O–H groups in total. The van der Waals surface area contributed by atoms with Crippen LogP contribution in [-0.4, -0.2) is 64.9 Å². The average Bonchev–Trinajstić information content (AvgIpc) is 2.60. The van der Waals surface area contributed by atoms with Gasteiger partial charge < -0.3 is 24.5 Å². The molecule has 1 rings (SSSR count). The summed E-state index contributed by atoms with van der Waals surface area (Å²) in [6.45, 7) is 11.1. The number of piperidine rings is 1. The molecule has 0 spiro atoms. The molecule has 0 aromatic carbocycles. The van der Waals surface area contributed by atoms with E-state index in [2.05, 4.69) is 10.2 Å².